The maximum Gasteiger partial charge on any atom is 0.257 e. The second-order valence-electron chi connectivity index (χ2n) is 4.30. The number of hydrogen-bond acceptors (Lipinski definition) is 3. The smallest absolute Gasteiger partial charge is 0.257 e. The van der Waals surface area contributed by atoms with Crippen molar-refractivity contribution in [1.82, 2.24) is 10.2 Å². The van der Waals surface area contributed by atoms with E-state index in [1.165, 1.54) is 0 Å². The van der Waals surface area contributed by atoms with Crippen molar-refractivity contribution in [2.45, 2.75) is 12.8 Å². The number of benzene rings is 1. The highest BCUT2D eigenvalue weighted by atomic mass is 79.9. The molecule has 1 heterocycles. The molecule has 0 aliphatic carbocycles. The molecule has 0 unspecified atom stereocenters. The van der Waals surface area contributed by atoms with Crippen LogP contribution in [0.3, 0.4) is 0 Å². The normalized spacial score (nSPS) is 14.3. The van der Waals surface area contributed by atoms with Gasteiger partial charge in [-0.2, -0.15) is 0 Å². The highest BCUT2D eigenvalue weighted by Gasteiger charge is 2.17. The van der Waals surface area contributed by atoms with Crippen molar-refractivity contribution in [2.24, 2.45) is 0 Å². The van der Waals surface area contributed by atoms with Gasteiger partial charge in [-0.3, -0.25) is 10.1 Å². The summed E-state index contributed by atoms with van der Waals surface area (Å²) < 4.78 is 5.87. The fourth-order valence-electron chi connectivity index (χ4n) is 1.98. The van der Waals surface area contributed by atoms with Gasteiger partial charge in [-0.25, -0.2) is 0 Å². The van der Waals surface area contributed by atoms with E-state index in [0.29, 0.717) is 16.4 Å². The second-order valence-corrected chi connectivity index (χ2v) is 5.54. The molecule has 4 nitrogen and oxygen atoms in total. The van der Waals surface area contributed by atoms with E-state index in [1.54, 1.807) is 25.3 Å². The van der Waals surface area contributed by atoms with Crippen LogP contribution in [0.2, 0.25) is 0 Å². The number of nitrogens with one attached hydrogen (secondary N) is 1. The van der Waals surface area contributed by atoms with Crippen molar-refractivity contribution in [1.29, 1.82) is 0 Å². The highest BCUT2D eigenvalue weighted by molar-refractivity contribution is 9.10. The van der Waals surface area contributed by atoms with Crippen molar-refractivity contribution in [3.63, 3.8) is 0 Å². The van der Waals surface area contributed by atoms with Crippen LogP contribution in [0.1, 0.15) is 23.2 Å². The Labute approximate surface area is 126 Å². The molecule has 1 saturated heterocycles. The van der Waals surface area contributed by atoms with Gasteiger partial charge in [0.1, 0.15) is 5.75 Å². The average molecular weight is 343 g/mol. The number of thiocarbonyl (C=S) groups is 1. The third kappa shape index (κ3) is 3.45. The lowest BCUT2D eigenvalue weighted by Crippen LogP contribution is -2.41. The number of amides is 1. The zero-order chi connectivity index (χ0) is 13.8. The van der Waals surface area contributed by atoms with Gasteiger partial charge in [-0.15, -0.1) is 0 Å². The van der Waals surface area contributed by atoms with Crippen molar-refractivity contribution in [3.05, 3.63) is 28.2 Å². The lowest BCUT2D eigenvalue weighted by Gasteiger charge is -2.18. The van der Waals surface area contributed by atoms with E-state index in [1.807, 2.05) is 4.90 Å². The second kappa shape index (κ2) is 6.34. The Morgan fingerprint density at radius 2 is 2.11 bits per heavy atom. The monoisotopic (exact) mass is 342 g/mol. The number of carbonyl (C=O) groups is 1. The number of likely N-dealkylation sites (tertiary alicyclic amines) is 1. The van der Waals surface area contributed by atoms with Gasteiger partial charge >= 0.3 is 0 Å². The minimum absolute atomic E-state index is 0.194. The Balaban J connectivity index is 2.03. The van der Waals surface area contributed by atoms with E-state index in [9.17, 15) is 4.79 Å². The molecule has 1 aromatic carbocycles. The van der Waals surface area contributed by atoms with Crippen LogP contribution >= 0.6 is 28.1 Å². The Hall–Kier alpha value is -1.14. The van der Waals surface area contributed by atoms with Gasteiger partial charge in [0.15, 0.2) is 5.11 Å². The molecule has 19 heavy (non-hydrogen) atoms. The number of methoxy groups -OCH3 is 1. The van der Waals surface area contributed by atoms with Gasteiger partial charge < -0.3 is 9.64 Å². The summed E-state index contributed by atoms with van der Waals surface area (Å²) in [6.07, 6.45) is 2.26. The first-order chi connectivity index (χ1) is 9.11. The first kappa shape index (κ1) is 14.3. The Morgan fingerprint density at radius 3 is 2.68 bits per heavy atom. The van der Waals surface area contributed by atoms with Crippen molar-refractivity contribution < 1.29 is 9.53 Å². The van der Waals surface area contributed by atoms with Crippen LogP contribution in [0.5, 0.6) is 5.75 Å². The molecule has 0 radical (unpaired) electrons. The van der Waals surface area contributed by atoms with Gasteiger partial charge in [0.25, 0.3) is 5.91 Å². The molecule has 1 fully saturated rings. The lowest BCUT2D eigenvalue weighted by molar-refractivity contribution is 0.0974. The van der Waals surface area contributed by atoms with Crippen LogP contribution in [0.25, 0.3) is 0 Å². The minimum Gasteiger partial charge on any atom is -0.496 e. The van der Waals surface area contributed by atoms with Gasteiger partial charge in [0.2, 0.25) is 0 Å². The highest BCUT2D eigenvalue weighted by Crippen LogP contribution is 2.25. The summed E-state index contributed by atoms with van der Waals surface area (Å²) in [5.74, 6) is 0.499. The van der Waals surface area contributed by atoms with E-state index in [2.05, 4.69) is 21.2 Å². The van der Waals surface area contributed by atoms with Crippen LogP contribution in [0.15, 0.2) is 22.7 Å². The molecule has 0 spiro atoms. The molecule has 6 heteroatoms. The number of ether oxygens (including phenoxy) is 1. The first-order valence-electron chi connectivity index (χ1n) is 6.05. The maximum atomic E-state index is 12.1. The largest absolute Gasteiger partial charge is 0.496 e. The first-order valence-corrected chi connectivity index (χ1v) is 7.25. The molecule has 0 aromatic heterocycles. The molecule has 1 aromatic rings. The summed E-state index contributed by atoms with van der Waals surface area (Å²) in [7, 11) is 1.59. The molecule has 1 amide bonds. The standard InChI is InChI=1S/C13H15BrN2O2S/c1-18-11-5-4-9(8-10(11)14)12(17)15-13(19)16-6-2-3-7-16/h4-5,8H,2-3,6-7H2,1H3,(H,15,17,19). The molecule has 1 N–H and O–H groups in total. The number of carbonyl (C=O) groups excluding carboxylic acids is 1. The Kier molecular flexibility index (Phi) is 4.76. The number of nitrogens with zero attached hydrogens (tertiary/aromatic N) is 1. The SMILES string of the molecule is COc1ccc(C(=O)NC(=S)N2CCCC2)cc1Br. The van der Waals surface area contributed by atoms with Crippen molar-refractivity contribution >= 4 is 39.2 Å². The summed E-state index contributed by atoms with van der Waals surface area (Å²) in [6.45, 7) is 1.84. The summed E-state index contributed by atoms with van der Waals surface area (Å²) in [6, 6.07) is 5.18. The van der Waals surface area contributed by atoms with E-state index in [0.717, 1.165) is 30.4 Å². The summed E-state index contributed by atoms with van der Waals surface area (Å²) in [4.78, 5) is 14.1. The third-order valence-corrected chi connectivity index (χ3v) is 4.01. The molecule has 0 saturated carbocycles. The molecular formula is C13H15BrN2O2S. The fraction of sp³-hybridized carbons (Fsp3) is 0.385. The molecule has 0 atom stereocenters. The molecule has 0 bridgehead atoms. The summed E-state index contributed by atoms with van der Waals surface area (Å²) >= 11 is 8.59. The van der Waals surface area contributed by atoms with Crippen LogP contribution in [0, 0.1) is 0 Å². The van der Waals surface area contributed by atoms with E-state index >= 15 is 0 Å². The Bertz CT molecular complexity index is 501. The van der Waals surface area contributed by atoms with Crippen molar-refractivity contribution in [2.75, 3.05) is 20.2 Å². The average Bonchev–Trinajstić information content (AvgIpc) is 2.92. The van der Waals surface area contributed by atoms with Gasteiger partial charge in [-0.1, -0.05) is 0 Å². The molecule has 2 rings (SSSR count). The Morgan fingerprint density at radius 1 is 1.42 bits per heavy atom. The number of rotatable bonds is 2. The third-order valence-electron chi connectivity index (χ3n) is 3.03. The topological polar surface area (TPSA) is 41.6 Å². The fourth-order valence-corrected chi connectivity index (χ4v) is 2.79. The van der Waals surface area contributed by atoms with Gasteiger partial charge in [0, 0.05) is 18.7 Å². The molecule has 1 aliphatic rings. The molecule has 1 aliphatic heterocycles. The quantitative estimate of drug-likeness (QED) is 0.838. The number of halogens is 1. The van der Waals surface area contributed by atoms with Gasteiger partial charge in [-0.05, 0) is 59.2 Å². The summed E-state index contributed by atoms with van der Waals surface area (Å²) in [5, 5.41) is 3.27. The van der Waals surface area contributed by atoms with Crippen molar-refractivity contribution in [3.8, 4) is 5.75 Å². The zero-order valence-electron chi connectivity index (χ0n) is 10.6. The lowest BCUT2D eigenvalue weighted by atomic mass is 10.2. The summed E-state index contributed by atoms with van der Waals surface area (Å²) in [5.41, 5.74) is 0.550. The number of hydrogen-bond donors (Lipinski definition) is 1. The van der Waals surface area contributed by atoms with Crippen LogP contribution in [-0.4, -0.2) is 36.1 Å². The van der Waals surface area contributed by atoms with E-state index < -0.39 is 0 Å². The zero-order valence-corrected chi connectivity index (χ0v) is 13.0. The molecular weight excluding hydrogens is 328 g/mol. The predicted molar refractivity (Wildman–Crippen MR) is 81.6 cm³/mol. The van der Waals surface area contributed by atoms with Crippen LogP contribution in [-0.2, 0) is 0 Å². The van der Waals surface area contributed by atoms with Crippen LogP contribution in [0.4, 0.5) is 0 Å². The van der Waals surface area contributed by atoms with E-state index in [-0.39, 0.29) is 5.91 Å². The molecule has 102 valence electrons. The maximum absolute atomic E-state index is 12.1. The van der Waals surface area contributed by atoms with Gasteiger partial charge in [0.05, 0.1) is 11.6 Å². The van der Waals surface area contributed by atoms with E-state index in [4.69, 9.17) is 17.0 Å². The van der Waals surface area contributed by atoms with Crippen LogP contribution < -0.4 is 10.1 Å². The predicted octanol–water partition coefficient (Wildman–Crippen LogP) is 2.57. The minimum atomic E-state index is -0.194.